The Hall–Kier alpha value is -2.46. The van der Waals surface area contributed by atoms with Crippen molar-refractivity contribution in [3.8, 4) is 0 Å². The smallest absolute Gasteiger partial charge is 0.320 e. The van der Waals surface area contributed by atoms with Gasteiger partial charge in [0.2, 0.25) is 11.8 Å². The second-order valence-electron chi connectivity index (χ2n) is 4.93. The molecule has 24 heavy (non-hydrogen) atoms. The van der Waals surface area contributed by atoms with E-state index in [0.29, 0.717) is 0 Å². The molecular weight excluding hydrogens is 338 g/mol. The van der Waals surface area contributed by atoms with E-state index in [-0.39, 0.29) is 30.7 Å². The summed E-state index contributed by atoms with van der Waals surface area (Å²) in [6.07, 6.45) is -0.489. The number of hydrogen-bond acceptors (Lipinski definition) is 6. The summed E-state index contributed by atoms with van der Waals surface area (Å²) in [5, 5.41) is 11.0. The fourth-order valence-electron chi connectivity index (χ4n) is 1.67. The van der Waals surface area contributed by atoms with Crippen molar-refractivity contribution in [1.82, 2.24) is 10.0 Å². The monoisotopic (exact) mass is 357 g/mol. The molecule has 0 heterocycles. The second-order valence-corrected chi connectivity index (χ2v) is 6.61. The lowest BCUT2D eigenvalue weighted by Gasteiger charge is -2.09. The lowest BCUT2D eigenvalue weighted by molar-refractivity contribution is -0.138. The van der Waals surface area contributed by atoms with Crippen LogP contribution in [0.15, 0.2) is 35.2 Å². The molecule has 1 atom stereocenters. The van der Waals surface area contributed by atoms with Gasteiger partial charge in [0.05, 0.1) is 4.90 Å². The largest absolute Gasteiger partial charge is 0.480 e. The quantitative estimate of drug-likeness (QED) is 0.450. The van der Waals surface area contributed by atoms with Crippen LogP contribution >= 0.6 is 0 Å². The molecule has 0 spiro atoms. The number of amides is 2. The predicted octanol–water partition coefficient (Wildman–Crippen LogP) is -0.810. The van der Waals surface area contributed by atoms with Gasteiger partial charge < -0.3 is 16.2 Å². The zero-order chi connectivity index (χ0) is 18.2. The molecule has 0 unspecified atom stereocenters. The van der Waals surface area contributed by atoms with Crippen LogP contribution in [-0.4, -0.2) is 43.9 Å². The molecule has 0 aliphatic carbocycles. The van der Waals surface area contributed by atoms with Crippen LogP contribution in [-0.2, 0) is 24.4 Å². The van der Waals surface area contributed by atoms with Gasteiger partial charge >= 0.3 is 5.97 Å². The number of nitrogens with one attached hydrogen (secondary N) is 2. The minimum atomic E-state index is -3.96. The van der Waals surface area contributed by atoms with Crippen molar-refractivity contribution in [3.05, 3.63) is 30.3 Å². The number of nitrogens with two attached hydrogens (primary N) is 1. The average molecular weight is 357 g/mol. The van der Waals surface area contributed by atoms with Crippen molar-refractivity contribution in [2.24, 2.45) is 5.73 Å². The zero-order valence-corrected chi connectivity index (χ0v) is 13.6. The fourth-order valence-corrected chi connectivity index (χ4v) is 2.70. The van der Waals surface area contributed by atoms with E-state index in [0.717, 1.165) is 0 Å². The summed E-state index contributed by atoms with van der Waals surface area (Å²) in [4.78, 5) is 33.6. The molecule has 0 saturated carbocycles. The van der Waals surface area contributed by atoms with Gasteiger partial charge in [0.25, 0.3) is 10.0 Å². The van der Waals surface area contributed by atoms with Crippen molar-refractivity contribution in [1.29, 1.82) is 0 Å². The van der Waals surface area contributed by atoms with E-state index in [1.54, 1.807) is 6.07 Å². The van der Waals surface area contributed by atoms with Gasteiger partial charge in [0, 0.05) is 19.4 Å². The Kier molecular flexibility index (Phi) is 7.33. The van der Waals surface area contributed by atoms with Gasteiger partial charge in [0.15, 0.2) is 0 Å². The van der Waals surface area contributed by atoms with Crippen LogP contribution in [0.5, 0.6) is 0 Å². The highest BCUT2D eigenvalue weighted by molar-refractivity contribution is 7.90. The first-order valence-corrected chi connectivity index (χ1v) is 8.56. The highest BCUT2D eigenvalue weighted by atomic mass is 32.2. The van der Waals surface area contributed by atoms with Crippen LogP contribution in [0.2, 0.25) is 0 Å². The number of benzene rings is 1. The summed E-state index contributed by atoms with van der Waals surface area (Å²) in [5.74, 6) is -2.48. The number of carbonyl (C=O) groups is 3. The molecule has 10 heteroatoms. The van der Waals surface area contributed by atoms with Crippen molar-refractivity contribution in [3.63, 3.8) is 0 Å². The molecule has 1 aromatic carbocycles. The van der Waals surface area contributed by atoms with Crippen molar-refractivity contribution in [2.75, 3.05) is 6.54 Å². The van der Waals surface area contributed by atoms with Gasteiger partial charge in [-0.2, -0.15) is 0 Å². The normalized spacial score (nSPS) is 12.2. The van der Waals surface area contributed by atoms with Crippen LogP contribution < -0.4 is 15.8 Å². The Bertz CT molecular complexity index is 690. The van der Waals surface area contributed by atoms with E-state index in [1.165, 1.54) is 24.3 Å². The first kappa shape index (κ1) is 19.6. The number of rotatable bonds is 9. The van der Waals surface area contributed by atoms with Crippen LogP contribution in [0.1, 0.15) is 19.3 Å². The van der Waals surface area contributed by atoms with Gasteiger partial charge in [0.1, 0.15) is 6.04 Å². The maximum Gasteiger partial charge on any atom is 0.320 e. The standard InChI is InChI=1S/C14H19N3O6S/c15-11(14(20)21)8-9-16-12(18)6-7-13(19)17-24(22,23)10-4-2-1-3-5-10/h1-5,11H,6-9,15H2,(H,16,18)(H,17,19)(H,20,21)/t11-/m0/s1. The maximum absolute atomic E-state index is 11.9. The first-order valence-electron chi connectivity index (χ1n) is 7.08. The number of sulfonamides is 1. The topological polar surface area (TPSA) is 156 Å². The lowest BCUT2D eigenvalue weighted by atomic mass is 10.2. The lowest BCUT2D eigenvalue weighted by Crippen LogP contribution is -2.36. The molecular formula is C14H19N3O6S. The zero-order valence-electron chi connectivity index (χ0n) is 12.8. The minimum Gasteiger partial charge on any atom is -0.480 e. The molecule has 0 aliphatic heterocycles. The van der Waals surface area contributed by atoms with Gasteiger partial charge in [-0.15, -0.1) is 0 Å². The summed E-state index contributed by atoms with van der Waals surface area (Å²) in [6.45, 7) is 0.0518. The third-order valence-electron chi connectivity index (χ3n) is 2.98. The summed E-state index contributed by atoms with van der Waals surface area (Å²) in [6, 6.07) is 6.29. The van der Waals surface area contributed by atoms with E-state index in [4.69, 9.17) is 10.8 Å². The third-order valence-corrected chi connectivity index (χ3v) is 4.36. The van der Waals surface area contributed by atoms with E-state index in [1.807, 2.05) is 4.72 Å². The van der Waals surface area contributed by atoms with Crippen LogP contribution in [0.4, 0.5) is 0 Å². The van der Waals surface area contributed by atoms with Crippen LogP contribution in [0.25, 0.3) is 0 Å². The number of carboxylic acids is 1. The Balaban J connectivity index is 2.36. The number of carboxylic acid groups (broad SMARTS) is 1. The van der Waals surface area contributed by atoms with Crippen molar-refractivity contribution >= 4 is 27.8 Å². The molecule has 0 bridgehead atoms. The van der Waals surface area contributed by atoms with Gasteiger partial charge in [-0.3, -0.25) is 14.4 Å². The van der Waals surface area contributed by atoms with Gasteiger partial charge in [-0.1, -0.05) is 18.2 Å². The fraction of sp³-hybridized carbons (Fsp3) is 0.357. The number of aliphatic carboxylic acids is 1. The van der Waals surface area contributed by atoms with Crippen molar-refractivity contribution in [2.45, 2.75) is 30.2 Å². The highest BCUT2D eigenvalue weighted by Gasteiger charge is 2.18. The summed E-state index contributed by atoms with van der Waals surface area (Å²) >= 11 is 0. The van der Waals surface area contributed by atoms with E-state index in [9.17, 15) is 22.8 Å². The average Bonchev–Trinajstić information content (AvgIpc) is 2.53. The third kappa shape index (κ3) is 6.75. The molecule has 1 rings (SSSR count). The van der Waals surface area contributed by atoms with Crippen LogP contribution in [0, 0.1) is 0 Å². The molecule has 0 fully saturated rings. The second kappa shape index (κ2) is 8.99. The molecule has 0 saturated heterocycles. The summed E-state index contributed by atoms with van der Waals surface area (Å²) in [5.41, 5.74) is 5.27. The Morgan fingerprint density at radius 3 is 2.25 bits per heavy atom. The van der Waals surface area contributed by atoms with Crippen LogP contribution in [0.3, 0.4) is 0 Å². The van der Waals surface area contributed by atoms with Gasteiger partial charge in [-0.25, -0.2) is 13.1 Å². The SMILES string of the molecule is N[C@@H](CCNC(=O)CCC(=O)NS(=O)(=O)c1ccccc1)C(=O)O. The molecule has 0 aliphatic rings. The Labute approximate surface area is 139 Å². The molecule has 2 amide bonds. The van der Waals surface area contributed by atoms with Crippen molar-refractivity contribution < 1.29 is 27.9 Å². The van der Waals surface area contributed by atoms with E-state index >= 15 is 0 Å². The molecule has 132 valence electrons. The first-order chi connectivity index (χ1) is 11.2. The number of hydrogen-bond donors (Lipinski definition) is 4. The molecule has 0 aromatic heterocycles. The van der Waals surface area contributed by atoms with Gasteiger partial charge in [-0.05, 0) is 18.6 Å². The predicted molar refractivity (Wildman–Crippen MR) is 84.2 cm³/mol. The Morgan fingerprint density at radius 2 is 1.67 bits per heavy atom. The highest BCUT2D eigenvalue weighted by Crippen LogP contribution is 2.07. The molecule has 0 radical (unpaired) electrons. The molecule has 1 aromatic rings. The summed E-state index contributed by atoms with van der Waals surface area (Å²) in [7, 11) is -3.96. The number of carbonyl (C=O) groups excluding carboxylic acids is 2. The van der Waals surface area contributed by atoms with E-state index < -0.39 is 33.8 Å². The molecule has 5 N–H and O–H groups in total. The maximum atomic E-state index is 11.9. The van der Waals surface area contributed by atoms with E-state index in [2.05, 4.69) is 5.32 Å². The summed E-state index contributed by atoms with van der Waals surface area (Å²) < 4.78 is 25.7. The minimum absolute atomic E-state index is 0.0505. The molecule has 9 nitrogen and oxygen atoms in total. The Morgan fingerprint density at radius 1 is 1.08 bits per heavy atom.